The minimum Gasteiger partial charge on any atom is -0.462 e. The van der Waals surface area contributed by atoms with Crippen molar-refractivity contribution in [3.8, 4) is 0 Å². The smallest absolute Gasteiger partial charge is 0.312 e. The Morgan fingerprint density at radius 2 is 1.66 bits per heavy atom. The van der Waals surface area contributed by atoms with Crippen LogP contribution in [-0.4, -0.2) is 93.1 Å². The molecule has 2 aliphatic carbocycles. The predicted molar refractivity (Wildman–Crippen MR) is 128 cm³/mol. The van der Waals surface area contributed by atoms with Crippen molar-refractivity contribution in [1.29, 1.82) is 0 Å². The summed E-state index contributed by atoms with van der Waals surface area (Å²) >= 11 is 0. The zero-order valence-corrected chi connectivity index (χ0v) is 22.1. The molecule has 0 unspecified atom stereocenters. The largest absolute Gasteiger partial charge is 0.462 e. The molecule has 4 N–H and O–H groups in total. The van der Waals surface area contributed by atoms with Gasteiger partial charge in [-0.25, -0.2) is 0 Å². The van der Waals surface area contributed by atoms with Crippen molar-refractivity contribution in [3.63, 3.8) is 0 Å². The maximum atomic E-state index is 12.8. The van der Waals surface area contributed by atoms with E-state index >= 15 is 0 Å². The first-order valence-corrected chi connectivity index (χ1v) is 12.4. The lowest BCUT2D eigenvalue weighted by atomic mass is 9.52. The third-order valence-corrected chi connectivity index (χ3v) is 8.10. The molecule has 0 aromatic rings. The fraction of sp³-hybridized carbons (Fsp3) is 0.692. The lowest BCUT2D eigenvalue weighted by Gasteiger charge is -2.59. The Kier molecular flexibility index (Phi) is 8.42. The molecule has 38 heavy (non-hydrogen) atoms. The summed E-state index contributed by atoms with van der Waals surface area (Å²) in [7, 11) is 0. The highest BCUT2D eigenvalue weighted by Crippen LogP contribution is 2.57. The normalized spacial score (nSPS) is 42.9. The van der Waals surface area contributed by atoms with Crippen LogP contribution in [0.2, 0.25) is 0 Å². The van der Waals surface area contributed by atoms with Crippen LogP contribution in [0.4, 0.5) is 0 Å². The summed E-state index contributed by atoms with van der Waals surface area (Å²) in [5, 5.41) is 44.5. The molecule has 1 saturated carbocycles. The summed E-state index contributed by atoms with van der Waals surface area (Å²) in [6.45, 7) is 4.84. The van der Waals surface area contributed by atoms with E-state index in [0.717, 1.165) is 13.8 Å². The molecule has 0 amide bonds. The maximum Gasteiger partial charge on any atom is 0.312 e. The molecule has 3 aliphatic rings. The minimum absolute atomic E-state index is 0.0115. The Morgan fingerprint density at radius 3 is 2.18 bits per heavy atom. The van der Waals surface area contributed by atoms with E-state index < -0.39 is 90.0 Å². The summed E-state index contributed by atoms with van der Waals surface area (Å²) < 4.78 is 22.4. The van der Waals surface area contributed by atoms with Crippen LogP contribution in [0.1, 0.15) is 47.5 Å². The fourth-order valence-corrected chi connectivity index (χ4v) is 6.22. The van der Waals surface area contributed by atoms with Crippen LogP contribution >= 0.6 is 0 Å². The van der Waals surface area contributed by atoms with Crippen molar-refractivity contribution in [2.75, 3.05) is 13.2 Å². The summed E-state index contributed by atoms with van der Waals surface area (Å²) in [6.07, 6.45) is -1.58. The molecule has 1 saturated heterocycles. The number of fused-ring (bicyclic) bond motifs is 2. The zero-order valence-electron chi connectivity index (χ0n) is 22.1. The van der Waals surface area contributed by atoms with Crippen molar-refractivity contribution in [1.82, 2.24) is 0 Å². The number of aliphatic hydroxyl groups excluding tert-OH is 2. The number of aliphatic hydroxyl groups is 4. The van der Waals surface area contributed by atoms with E-state index in [1.165, 1.54) is 39.0 Å². The van der Waals surface area contributed by atoms with Crippen LogP contribution in [0, 0.1) is 17.3 Å². The van der Waals surface area contributed by atoms with E-state index in [4.69, 9.17) is 18.9 Å². The Bertz CT molecular complexity index is 1040. The Morgan fingerprint density at radius 1 is 1.05 bits per heavy atom. The molecule has 3 rings (SSSR count). The molecule has 1 aliphatic heterocycles. The quantitative estimate of drug-likeness (QED) is 0.264. The van der Waals surface area contributed by atoms with Gasteiger partial charge in [-0.05, 0) is 37.5 Å². The van der Waals surface area contributed by atoms with Crippen LogP contribution in [0.5, 0.6) is 0 Å². The summed E-state index contributed by atoms with van der Waals surface area (Å²) in [5.74, 6) is -5.90. The van der Waals surface area contributed by atoms with E-state index in [0.29, 0.717) is 0 Å². The summed E-state index contributed by atoms with van der Waals surface area (Å²) in [4.78, 5) is 49.6. The Hall–Kier alpha value is -2.80. The van der Waals surface area contributed by atoms with Crippen molar-refractivity contribution < 1.29 is 58.6 Å². The number of hydrogen-bond donors (Lipinski definition) is 4. The minimum atomic E-state index is -2.32. The Labute approximate surface area is 220 Å². The molecule has 0 spiro atoms. The lowest BCUT2D eigenvalue weighted by Crippen LogP contribution is -2.72. The average molecular weight is 541 g/mol. The van der Waals surface area contributed by atoms with Crippen molar-refractivity contribution in [3.05, 3.63) is 23.8 Å². The predicted octanol–water partition coefficient (Wildman–Crippen LogP) is -0.298. The third kappa shape index (κ3) is 4.97. The van der Waals surface area contributed by atoms with Gasteiger partial charge in [0.1, 0.15) is 18.3 Å². The SMILES string of the molecule is CC(=O)O[C@H]1/C=C\C(CO)=C/[C@@H]2OC(=O)[C@H](C)[C@@]2(O)[C@@H](OC(C)=O)[C@H]2[C@@](O)(CO)CC[C@H](OC(C)=O)[C@]12C. The van der Waals surface area contributed by atoms with E-state index in [1.54, 1.807) is 0 Å². The number of ether oxygens (including phenoxy) is 4. The van der Waals surface area contributed by atoms with Gasteiger partial charge in [-0.15, -0.1) is 0 Å². The van der Waals surface area contributed by atoms with Crippen molar-refractivity contribution in [2.24, 2.45) is 17.3 Å². The summed E-state index contributed by atoms with van der Waals surface area (Å²) in [5.41, 5.74) is -5.85. The van der Waals surface area contributed by atoms with Crippen LogP contribution in [0.15, 0.2) is 23.8 Å². The van der Waals surface area contributed by atoms with Crippen LogP contribution in [-0.2, 0) is 38.1 Å². The molecule has 212 valence electrons. The molecular weight excluding hydrogens is 504 g/mol. The maximum absolute atomic E-state index is 12.8. The van der Waals surface area contributed by atoms with Crippen LogP contribution in [0.3, 0.4) is 0 Å². The zero-order chi connectivity index (χ0) is 28.6. The highest BCUT2D eigenvalue weighted by Gasteiger charge is 2.71. The van der Waals surface area contributed by atoms with Gasteiger partial charge < -0.3 is 39.4 Å². The third-order valence-electron chi connectivity index (χ3n) is 8.10. The number of hydrogen-bond acceptors (Lipinski definition) is 12. The average Bonchev–Trinajstić information content (AvgIpc) is 3.04. The first kappa shape index (κ1) is 29.8. The topological polar surface area (TPSA) is 186 Å². The van der Waals surface area contributed by atoms with Crippen molar-refractivity contribution >= 4 is 23.9 Å². The molecule has 12 heteroatoms. The molecule has 2 fully saturated rings. The number of rotatable bonds is 5. The molecule has 9 atom stereocenters. The van der Waals surface area contributed by atoms with Gasteiger partial charge in [0.15, 0.2) is 11.7 Å². The second-order valence-electron chi connectivity index (χ2n) is 10.5. The highest BCUT2D eigenvalue weighted by atomic mass is 16.6. The number of esters is 4. The van der Waals surface area contributed by atoms with E-state index in [1.807, 2.05) is 0 Å². The second kappa shape index (κ2) is 10.8. The lowest BCUT2D eigenvalue weighted by molar-refractivity contribution is -0.271. The van der Waals surface area contributed by atoms with E-state index in [2.05, 4.69) is 0 Å². The number of carbonyl (C=O) groups is 4. The number of carbonyl (C=O) groups excluding carboxylic acids is 4. The fourth-order valence-electron chi connectivity index (χ4n) is 6.22. The van der Waals surface area contributed by atoms with E-state index in [9.17, 15) is 39.6 Å². The summed E-state index contributed by atoms with van der Waals surface area (Å²) in [6, 6.07) is 0. The monoisotopic (exact) mass is 540 g/mol. The molecule has 0 aromatic heterocycles. The second-order valence-corrected chi connectivity index (χ2v) is 10.5. The van der Waals surface area contributed by atoms with Gasteiger partial charge in [0.2, 0.25) is 0 Å². The van der Waals surface area contributed by atoms with Gasteiger partial charge in [0.05, 0.1) is 30.1 Å². The highest BCUT2D eigenvalue weighted by molar-refractivity contribution is 5.78. The Balaban J connectivity index is 2.46. The van der Waals surface area contributed by atoms with Crippen LogP contribution in [0.25, 0.3) is 0 Å². The molecule has 0 radical (unpaired) electrons. The molecular formula is C26H36O12. The van der Waals surface area contributed by atoms with Gasteiger partial charge in [-0.1, -0.05) is 13.0 Å². The molecule has 0 aromatic carbocycles. The van der Waals surface area contributed by atoms with E-state index in [-0.39, 0.29) is 18.4 Å². The van der Waals surface area contributed by atoms with Gasteiger partial charge in [-0.2, -0.15) is 0 Å². The molecule has 0 bridgehead atoms. The molecule has 1 heterocycles. The van der Waals surface area contributed by atoms with Gasteiger partial charge in [-0.3, -0.25) is 19.2 Å². The van der Waals surface area contributed by atoms with Gasteiger partial charge in [0, 0.05) is 26.7 Å². The van der Waals surface area contributed by atoms with Crippen LogP contribution < -0.4 is 0 Å². The first-order valence-electron chi connectivity index (χ1n) is 12.4. The first-order chi connectivity index (χ1) is 17.6. The molecule has 12 nitrogen and oxygen atoms in total. The van der Waals surface area contributed by atoms with Gasteiger partial charge in [0.25, 0.3) is 0 Å². The standard InChI is InChI=1S/C26H36O12/c1-13-23(32)38-20-10-17(11-27)6-7-18(35-14(2)29)24(5)19(36-15(3)30)8-9-25(33,12-28)21(24)22(26(13,20)34)37-16(4)31/h6-7,10,13,18-22,27-28,33-34H,8-9,11-12H2,1-5H3/b7-6-,17-10+/t13-,18-,19-,20-,21+,22-,24-,25-,26-/m0/s1. The van der Waals surface area contributed by atoms with Crippen molar-refractivity contribution in [2.45, 2.75) is 83.1 Å². The van der Waals surface area contributed by atoms with Gasteiger partial charge >= 0.3 is 23.9 Å².